The Morgan fingerprint density at radius 2 is 2.27 bits per heavy atom. The van der Waals surface area contributed by atoms with E-state index in [1.165, 1.54) is 6.33 Å². The topological polar surface area (TPSA) is 89.9 Å². The van der Waals surface area contributed by atoms with Crippen molar-refractivity contribution in [1.82, 2.24) is 29.8 Å². The zero-order valence-electron chi connectivity index (χ0n) is 12.4. The fourth-order valence-corrected chi connectivity index (χ4v) is 2.95. The Morgan fingerprint density at radius 3 is 3.00 bits per heavy atom. The highest BCUT2D eigenvalue weighted by atomic mass is 16.5. The van der Waals surface area contributed by atoms with Gasteiger partial charge in [0, 0.05) is 12.5 Å². The van der Waals surface area contributed by atoms with Crippen molar-refractivity contribution in [1.29, 1.82) is 0 Å². The van der Waals surface area contributed by atoms with Gasteiger partial charge in [0.05, 0.1) is 6.04 Å². The normalized spacial score (nSPS) is 23.0. The van der Waals surface area contributed by atoms with E-state index in [1.54, 1.807) is 11.0 Å². The van der Waals surface area contributed by atoms with Gasteiger partial charge in [0.2, 0.25) is 11.8 Å². The predicted molar refractivity (Wildman–Crippen MR) is 74.7 cm³/mol. The van der Waals surface area contributed by atoms with Crippen LogP contribution in [0.15, 0.2) is 17.2 Å². The first-order chi connectivity index (χ1) is 10.7. The van der Waals surface area contributed by atoms with Gasteiger partial charge in [-0.3, -0.25) is 4.79 Å². The van der Waals surface area contributed by atoms with E-state index < -0.39 is 0 Å². The Kier molecular flexibility index (Phi) is 3.16. The molecule has 0 radical (unpaired) electrons. The van der Waals surface area contributed by atoms with E-state index in [0.717, 1.165) is 38.1 Å². The van der Waals surface area contributed by atoms with Crippen LogP contribution in [-0.4, -0.2) is 42.3 Å². The second kappa shape index (κ2) is 5.19. The summed E-state index contributed by atoms with van der Waals surface area (Å²) < 4.78 is 6.91. The third-order valence-corrected chi connectivity index (χ3v) is 4.41. The first-order valence-electron chi connectivity index (χ1n) is 7.72. The molecule has 8 nitrogen and oxygen atoms in total. The highest BCUT2D eigenvalue weighted by Gasteiger charge is 2.37. The van der Waals surface area contributed by atoms with Crippen LogP contribution in [-0.2, 0) is 4.79 Å². The predicted octanol–water partition coefficient (Wildman–Crippen LogP) is 1.46. The highest BCUT2D eigenvalue weighted by Crippen LogP contribution is 2.40. The van der Waals surface area contributed by atoms with E-state index in [2.05, 4.69) is 20.2 Å². The molecule has 116 valence electrons. The zero-order valence-corrected chi connectivity index (χ0v) is 12.4. The Bertz CT molecular complexity index is 663. The first kappa shape index (κ1) is 13.4. The Morgan fingerprint density at radius 1 is 1.41 bits per heavy atom. The highest BCUT2D eigenvalue weighted by molar-refractivity contribution is 5.80. The maximum Gasteiger partial charge on any atom is 0.247 e. The molecule has 2 atom stereocenters. The summed E-state index contributed by atoms with van der Waals surface area (Å²) in [6.07, 6.45) is 7.07. The molecule has 0 bridgehead atoms. The lowest BCUT2D eigenvalue weighted by atomic mass is 10.2. The van der Waals surface area contributed by atoms with E-state index in [-0.39, 0.29) is 18.0 Å². The summed E-state index contributed by atoms with van der Waals surface area (Å²) in [5.41, 5.74) is 0. The maximum atomic E-state index is 12.7. The molecule has 0 spiro atoms. The largest absolute Gasteiger partial charge is 0.339 e. The summed E-state index contributed by atoms with van der Waals surface area (Å²) in [6.45, 7) is 2.55. The average molecular weight is 302 g/mol. The number of aromatic nitrogens is 5. The van der Waals surface area contributed by atoms with Gasteiger partial charge in [-0.2, -0.15) is 10.1 Å². The van der Waals surface area contributed by atoms with Gasteiger partial charge in [0.1, 0.15) is 18.7 Å². The van der Waals surface area contributed by atoms with Crippen LogP contribution in [0.2, 0.25) is 0 Å². The summed E-state index contributed by atoms with van der Waals surface area (Å²) in [4.78, 5) is 23.0. The molecule has 1 saturated carbocycles. The number of rotatable bonds is 4. The molecule has 1 aliphatic heterocycles. The van der Waals surface area contributed by atoms with Crippen molar-refractivity contribution < 1.29 is 9.32 Å². The molecule has 3 heterocycles. The number of carbonyl (C=O) groups excluding carboxylic acids is 1. The molecule has 22 heavy (non-hydrogen) atoms. The quantitative estimate of drug-likeness (QED) is 0.849. The molecule has 2 aromatic rings. The molecular formula is C14H18N6O2. The zero-order chi connectivity index (χ0) is 15.1. The molecule has 8 heteroatoms. The fraction of sp³-hybridized carbons (Fsp3) is 0.643. The van der Waals surface area contributed by atoms with Crippen LogP contribution < -0.4 is 0 Å². The van der Waals surface area contributed by atoms with Crippen molar-refractivity contribution in [3.05, 3.63) is 24.4 Å². The summed E-state index contributed by atoms with van der Waals surface area (Å²) in [7, 11) is 0. The number of likely N-dealkylation sites (tertiary alicyclic amines) is 1. The number of hydrogen-bond acceptors (Lipinski definition) is 6. The molecule has 0 unspecified atom stereocenters. The number of hydrogen-bond donors (Lipinski definition) is 0. The number of nitrogens with zero attached hydrogens (tertiary/aromatic N) is 6. The van der Waals surface area contributed by atoms with Gasteiger partial charge in [0.25, 0.3) is 0 Å². The van der Waals surface area contributed by atoms with Gasteiger partial charge < -0.3 is 9.42 Å². The lowest BCUT2D eigenvalue weighted by Crippen LogP contribution is -2.36. The van der Waals surface area contributed by atoms with Crippen molar-refractivity contribution in [2.75, 3.05) is 6.54 Å². The standard InChI is InChI=1S/C14H18N6O2/c1-9(20-8-15-7-16-20)14(21)19-6-2-3-11(19)12-17-13(22-18-12)10-4-5-10/h7-11H,2-6H2,1H3/t9-,11-/m0/s1. The number of carbonyl (C=O) groups is 1. The fourth-order valence-electron chi connectivity index (χ4n) is 2.95. The molecule has 4 rings (SSSR count). The van der Waals surface area contributed by atoms with Crippen LogP contribution in [0.1, 0.15) is 62.3 Å². The third kappa shape index (κ3) is 2.28. The van der Waals surface area contributed by atoms with Crippen LogP contribution in [0.5, 0.6) is 0 Å². The van der Waals surface area contributed by atoms with E-state index in [9.17, 15) is 4.79 Å². The van der Waals surface area contributed by atoms with Crippen molar-refractivity contribution in [3.8, 4) is 0 Å². The summed E-state index contributed by atoms with van der Waals surface area (Å²) >= 11 is 0. The Labute approximate surface area is 127 Å². The molecule has 0 aromatic carbocycles. The SMILES string of the molecule is C[C@@H](C(=O)N1CCC[C@H]1c1noc(C2CC2)n1)n1cncn1. The summed E-state index contributed by atoms with van der Waals surface area (Å²) in [6, 6.07) is -0.465. The van der Waals surface area contributed by atoms with Crippen LogP contribution >= 0.6 is 0 Å². The number of amides is 1. The van der Waals surface area contributed by atoms with Crippen LogP contribution in [0, 0.1) is 0 Å². The molecule has 1 amide bonds. The van der Waals surface area contributed by atoms with Gasteiger partial charge in [-0.05, 0) is 32.6 Å². The lowest BCUT2D eigenvalue weighted by molar-refractivity contribution is -0.135. The van der Waals surface area contributed by atoms with E-state index in [4.69, 9.17) is 4.52 Å². The van der Waals surface area contributed by atoms with Crippen molar-refractivity contribution in [2.24, 2.45) is 0 Å². The van der Waals surface area contributed by atoms with Gasteiger partial charge in [-0.1, -0.05) is 5.16 Å². The molecular weight excluding hydrogens is 284 g/mol. The van der Waals surface area contributed by atoms with Gasteiger partial charge in [-0.15, -0.1) is 0 Å². The second-order valence-corrected chi connectivity index (χ2v) is 6.01. The monoisotopic (exact) mass is 302 g/mol. The minimum atomic E-state index is -0.377. The average Bonchev–Trinajstić information content (AvgIpc) is 3.02. The van der Waals surface area contributed by atoms with Crippen LogP contribution in [0.4, 0.5) is 0 Å². The van der Waals surface area contributed by atoms with Crippen molar-refractivity contribution in [2.45, 2.75) is 50.6 Å². The minimum Gasteiger partial charge on any atom is -0.339 e. The summed E-state index contributed by atoms with van der Waals surface area (Å²) in [5.74, 6) is 1.81. The Balaban J connectivity index is 1.53. The minimum absolute atomic E-state index is 0.0192. The molecule has 0 N–H and O–H groups in total. The summed E-state index contributed by atoms with van der Waals surface area (Å²) in [5, 5.41) is 8.15. The van der Waals surface area contributed by atoms with Gasteiger partial charge in [-0.25, -0.2) is 9.67 Å². The first-order valence-corrected chi connectivity index (χ1v) is 7.72. The third-order valence-electron chi connectivity index (χ3n) is 4.41. The van der Waals surface area contributed by atoms with Crippen LogP contribution in [0.25, 0.3) is 0 Å². The smallest absolute Gasteiger partial charge is 0.247 e. The maximum absolute atomic E-state index is 12.7. The molecule has 1 aliphatic carbocycles. The second-order valence-electron chi connectivity index (χ2n) is 6.01. The Hall–Kier alpha value is -2.25. The van der Waals surface area contributed by atoms with Crippen LogP contribution in [0.3, 0.4) is 0 Å². The van der Waals surface area contributed by atoms with Gasteiger partial charge >= 0.3 is 0 Å². The molecule has 2 fully saturated rings. The van der Waals surface area contributed by atoms with Gasteiger partial charge in [0.15, 0.2) is 5.82 Å². The van der Waals surface area contributed by atoms with E-state index >= 15 is 0 Å². The lowest BCUT2D eigenvalue weighted by Gasteiger charge is -2.25. The molecule has 2 aromatic heterocycles. The van der Waals surface area contributed by atoms with Crippen molar-refractivity contribution in [3.63, 3.8) is 0 Å². The van der Waals surface area contributed by atoms with E-state index in [1.807, 2.05) is 11.8 Å². The van der Waals surface area contributed by atoms with Crippen molar-refractivity contribution >= 4 is 5.91 Å². The van der Waals surface area contributed by atoms with E-state index in [0.29, 0.717) is 11.7 Å². The molecule has 1 saturated heterocycles. The molecule has 2 aliphatic rings.